The highest BCUT2D eigenvalue weighted by Gasteiger charge is 2.27. The summed E-state index contributed by atoms with van der Waals surface area (Å²) in [5, 5.41) is 0.277. The minimum atomic E-state index is -3.40. The molecule has 1 heterocycles. The Kier molecular flexibility index (Phi) is 6.51. The average molecular weight is 464 g/mol. The number of furan rings is 1. The van der Waals surface area contributed by atoms with Crippen molar-refractivity contribution in [2.45, 2.75) is 12.8 Å². The van der Waals surface area contributed by atoms with Crippen molar-refractivity contribution in [3.05, 3.63) is 53.3 Å². The Labute approximate surface area is 183 Å². The summed E-state index contributed by atoms with van der Waals surface area (Å²) in [6.07, 6.45) is -0.239. The quantitative estimate of drug-likeness (QED) is 0.405. The molecular formula is C21H21FN2O7S. The summed E-state index contributed by atoms with van der Waals surface area (Å²) < 4.78 is 54.6. The molecule has 170 valence electrons. The highest BCUT2D eigenvalue weighted by molar-refractivity contribution is 7.88. The molecule has 0 radical (unpaired) electrons. The number of rotatable bonds is 7. The molecule has 0 aliphatic carbocycles. The molecule has 3 aromatic rings. The predicted octanol–water partition coefficient (Wildman–Crippen LogP) is 3.14. The van der Waals surface area contributed by atoms with E-state index in [0.717, 1.165) is 6.26 Å². The van der Waals surface area contributed by atoms with Crippen LogP contribution in [0, 0.1) is 5.82 Å². The van der Waals surface area contributed by atoms with Crippen LogP contribution in [-0.2, 0) is 14.8 Å². The van der Waals surface area contributed by atoms with Crippen molar-refractivity contribution in [3.63, 3.8) is 0 Å². The lowest BCUT2D eigenvalue weighted by molar-refractivity contribution is 0.0640. The second-order valence-electron chi connectivity index (χ2n) is 7.13. The van der Waals surface area contributed by atoms with E-state index < -0.39 is 27.9 Å². The number of hydrogen-bond acceptors (Lipinski definition) is 7. The van der Waals surface area contributed by atoms with Gasteiger partial charge in [0, 0.05) is 23.1 Å². The van der Waals surface area contributed by atoms with Gasteiger partial charge in [0.15, 0.2) is 0 Å². The molecule has 1 amide bonds. The van der Waals surface area contributed by atoms with Crippen molar-refractivity contribution in [1.29, 1.82) is 0 Å². The third-order valence-electron chi connectivity index (χ3n) is 4.73. The number of ether oxygens (including phenoxy) is 2. The average Bonchev–Trinajstić information content (AvgIpc) is 3.09. The molecule has 3 N–H and O–H groups in total. The van der Waals surface area contributed by atoms with Gasteiger partial charge in [-0.05, 0) is 42.3 Å². The largest absolute Gasteiger partial charge is 0.496 e. The fourth-order valence-electron chi connectivity index (χ4n) is 3.24. The van der Waals surface area contributed by atoms with Gasteiger partial charge < -0.3 is 19.6 Å². The maximum absolute atomic E-state index is 13.4. The number of amides is 1. The van der Waals surface area contributed by atoms with E-state index in [1.807, 2.05) is 0 Å². The minimum Gasteiger partial charge on any atom is -0.496 e. The smallest absolute Gasteiger partial charge is 0.412 e. The Balaban J connectivity index is 2.19. The fraction of sp³-hybridized carbons (Fsp3) is 0.238. The molecule has 1 aromatic heterocycles. The zero-order valence-electron chi connectivity index (χ0n) is 17.5. The van der Waals surface area contributed by atoms with E-state index in [9.17, 15) is 22.4 Å². The Morgan fingerprint density at radius 3 is 2.44 bits per heavy atom. The predicted molar refractivity (Wildman–Crippen MR) is 114 cm³/mol. The summed E-state index contributed by atoms with van der Waals surface area (Å²) in [5.74, 6) is -1.43. The standard InChI is InChI=1S/C21H21FN2O7S/c1-11(10-24-32(3,27)28)14-8-17-15(9-16(14)29-2)18(20(25)31-21(23)26)19(30-17)12-4-6-13(22)7-5-12/h4-9,11,24H,10H2,1-3H3,(H2,23,26). The number of carbonyl (C=O) groups is 2. The fourth-order valence-corrected chi connectivity index (χ4v) is 3.79. The second-order valence-corrected chi connectivity index (χ2v) is 8.97. The van der Waals surface area contributed by atoms with Crippen molar-refractivity contribution in [2.24, 2.45) is 5.73 Å². The van der Waals surface area contributed by atoms with Crippen LogP contribution in [0.1, 0.15) is 28.8 Å². The van der Waals surface area contributed by atoms with Crippen LogP contribution < -0.4 is 15.2 Å². The number of hydrogen-bond donors (Lipinski definition) is 2. The summed E-state index contributed by atoms with van der Waals surface area (Å²) in [7, 11) is -1.98. The molecule has 0 aliphatic rings. The van der Waals surface area contributed by atoms with Gasteiger partial charge in [-0.3, -0.25) is 0 Å². The normalized spacial score (nSPS) is 12.5. The number of nitrogens with two attached hydrogens (primary N) is 1. The lowest BCUT2D eigenvalue weighted by atomic mass is 9.97. The zero-order valence-corrected chi connectivity index (χ0v) is 18.3. The number of nitrogens with one attached hydrogen (secondary N) is 1. The number of sulfonamides is 1. The molecule has 2 aromatic carbocycles. The van der Waals surface area contributed by atoms with Gasteiger partial charge in [-0.25, -0.2) is 27.1 Å². The molecule has 1 atom stereocenters. The van der Waals surface area contributed by atoms with Gasteiger partial charge >= 0.3 is 12.1 Å². The van der Waals surface area contributed by atoms with E-state index in [-0.39, 0.29) is 34.8 Å². The molecule has 0 saturated carbocycles. The summed E-state index contributed by atoms with van der Waals surface area (Å²) in [6.45, 7) is 1.89. The van der Waals surface area contributed by atoms with Crippen LogP contribution in [0.25, 0.3) is 22.3 Å². The number of methoxy groups -OCH3 is 1. The lowest BCUT2D eigenvalue weighted by Gasteiger charge is -2.16. The molecule has 3 rings (SSSR count). The van der Waals surface area contributed by atoms with Crippen LogP contribution in [-0.4, -0.2) is 40.4 Å². The first kappa shape index (κ1) is 23.2. The van der Waals surface area contributed by atoms with E-state index >= 15 is 0 Å². The van der Waals surface area contributed by atoms with Crippen LogP contribution in [0.5, 0.6) is 5.75 Å². The van der Waals surface area contributed by atoms with Gasteiger partial charge in [-0.15, -0.1) is 0 Å². The second kappa shape index (κ2) is 8.97. The van der Waals surface area contributed by atoms with Gasteiger partial charge in [0.2, 0.25) is 10.0 Å². The van der Waals surface area contributed by atoms with Crippen LogP contribution in [0.2, 0.25) is 0 Å². The number of esters is 1. The zero-order chi connectivity index (χ0) is 23.6. The van der Waals surface area contributed by atoms with Gasteiger partial charge in [0.25, 0.3) is 0 Å². The van der Waals surface area contributed by atoms with Crippen molar-refractivity contribution in [2.75, 3.05) is 19.9 Å². The monoisotopic (exact) mass is 464 g/mol. The van der Waals surface area contributed by atoms with E-state index in [2.05, 4.69) is 9.46 Å². The van der Waals surface area contributed by atoms with Gasteiger partial charge in [-0.2, -0.15) is 0 Å². The Morgan fingerprint density at radius 2 is 1.88 bits per heavy atom. The van der Waals surface area contributed by atoms with Crippen LogP contribution >= 0.6 is 0 Å². The first-order valence-corrected chi connectivity index (χ1v) is 11.3. The Hall–Kier alpha value is -3.44. The number of benzene rings is 2. The van der Waals surface area contributed by atoms with E-state index in [0.29, 0.717) is 16.9 Å². The highest BCUT2D eigenvalue weighted by Crippen LogP contribution is 2.39. The van der Waals surface area contributed by atoms with Crippen molar-refractivity contribution in [1.82, 2.24) is 4.72 Å². The Bertz CT molecular complexity index is 1280. The summed E-state index contributed by atoms with van der Waals surface area (Å²) in [4.78, 5) is 23.8. The van der Waals surface area contributed by atoms with Gasteiger partial charge in [-0.1, -0.05) is 6.92 Å². The molecule has 32 heavy (non-hydrogen) atoms. The van der Waals surface area contributed by atoms with Crippen molar-refractivity contribution >= 4 is 33.1 Å². The maximum atomic E-state index is 13.4. The van der Waals surface area contributed by atoms with Crippen LogP contribution in [0.15, 0.2) is 40.8 Å². The third-order valence-corrected chi connectivity index (χ3v) is 5.42. The van der Waals surface area contributed by atoms with E-state index in [1.54, 1.807) is 13.0 Å². The first-order chi connectivity index (χ1) is 15.0. The lowest BCUT2D eigenvalue weighted by Crippen LogP contribution is -2.26. The molecule has 0 aliphatic heterocycles. The molecule has 0 spiro atoms. The number of halogens is 1. The van der Waals surface area contributed by atoms with E-state index in [1.165, 1.54) is 37.4 Å². The van der Waals surface area contributed by atoms with Crippen molar-refractivity contribution in [3.8, 4) is 17.1 Å². The molecule has 0 bridgehead atoms. The molecule has 11 heteroatoms. The summed E-state index contributed by atoms with van der Waals surface area (Å²) in [5.41, 5.74) is 6.15. The summed E-state index contributed by atoms with van der Waals surface area (Å²) >= 11 is 0. The topological polar surface area (TPSA) is 138 Å². The summed E-state index contributed by atoms with van der Waals surface area (Å²) in [6, 6.07) is 8.33. The molecule has 1 unspecified atom stereocenters. The molecule has 0 fully saturated rings. The first-order valence-electron chi connectivity index (χ1n) is 9.36. The van der Waals surface area contributed by atoms with Gasteiger partial charge in [0.1, 0.15) is 28.5 Å². The number of fused-ring (bicyclic) bond motifs is 1. The highest BCUT2D eigenvalue weighted by atomic mass is 32.2. The SMILES string of the molecule is COc1cc2c(C(=O)OC(N)=O)c(-c3ccc(F)cc3)oc2cc1C(C)CNS(C)(=O)=O. The van der Waals surface area contributed by atoms with Crippen LogP contribution in [0.4, 0.5) is 9.18 Å². The van der Waals surface area contributed by atoms with Crippen LogP contribution in [0.3, 0.4) is 0 Å². The van der Waals surface area contributed by atoms with Gasteiger partial charge in [0.05, 0.1) is 13.4 Å². The third kappa shape index (κ3) is 5.06. The molecule has 0 saturated heterocycles. The van der Waals surface area contributed by atoms with Crippen molar-refractivity contribution < 1.29 is 36.3 Å². The Morgan fingerprint density at radius 1 is 1.22 bits per heavy atom. The number of primary amides is 1. The molecular weight excluding hydrogens is 443 g/mol. The molecule has 9 nitrogen and oxygen atoms in total. The van der Waals surface area contributed by atoms with E-state index in [4.69, 9.17) is 14.9 Å². The number of carbonyl (C=O) groups excluding carboxylic acids is 2. The maximum Gasteiger partial charge on any atom is 0.412 e. The minimum absolute atomic E-state index is 0.0485.